The van der Waals surface area contributed by atoms with Crippen LogP contribution in [0.3, 0.4) is 0 Å². The Morgan fingerprint density at radius 3 is 2.52 bits per heavy atom. The Kier molecular flexibility index (Phi) is 5.90. The molecule has 116 valence electrons. The first kappa shape index (κ1) is 15.7. The third-order valence-corrected chi connectivity index (χ3v) is 4.15. The fraction of sp³-hybridized carbons (Fsp3) is 0.588. The van der Waals surface area contributed by atoms with Crippen LogP contribution in [0.25, 0.3) is 0 Å². The third kappa shape index (κ3) is 4.66. The molecular weight excluding hydrogens is 262 g/mol. The molecule has 0 atom stereocenters. The van der Waals surface area contributed by atoms with Gasteiger partial charge in [-0.1, -0.05) is 19.1 Å². The summed E-state index contributed by atoms with van der Waals surface area (Å²) in [7, 11) is 3.56. The van der Waals surface area contributed by atoms with Crippen LogP contribution in [0.1, 0.15) is 25.3 Å². The van der Waals surface area contributed by atoms with Crippen molar-refractivity contribution >= 4 is 5.96 Å². The summed E-state index contributed by atoms with van der Waals surface area (Å²) in [4.78, 5) is 6.78. The van der Waals surface area contributed by atoms with E-state index in [1.54, 1.807) is 7.11 Å². The molecule has 1 aliphatic heterocycles. The van der Waals surface area contributed by atoms with E-state index in [-0.39, 0.29) is 0 Å². The maximum absolute atomic E-state index is 5.18. The van der Waals surface area contributed by atoms with Crippen LogP contribution in [0.15, 0.2) is 29.3 Å². The SMILES string of the molecule is CN=C(NCCc1ccc(OC)cc1)N1CCC(C)CC1. The second kappa shape index (κ2) is 7.91. The summed E-state index contributed by atoms with van der Waals surface area (Å²) in [5.41, 5.74) is 1.31. The van der Waals surface area contributed by atoms with Crippen molar-refractivity contribution in [3.63, 3.8) is 0 Å². The molecule has 1 N–H and O–H groups in total. The Balaban J connectivity index is 1.78. The number of nitrogens with zero attached hydrogens (tertiary/aromatic N) is 2. The number of nitrogens with one attached hydrogen (secondary N) is 1. The standard InChI is InChI=1S/C17H27N3O/c1-14-9-12-20(13-10-14)17(18-2)19-11-8-15-4-6-16(21-3)7-5-15/h4-7,14H,8-13H2,1-3H3,(H,18,19). The van der Waals surface area contributed by atoms with E-state index >= 15 is 0 Å². The van der Waals surface area contributed by atoms with Crippen LogP contribution in [-0.2, 0) is 6.42 Å². The first-order chi connectivity index (χ1) is 10.2. The number of benzene rings is 1. The summed E-state index contributed by atoms with van der Waals surface area (Å²) in [6.45, 7) is 5.47. The lowest BCUT2D eigenvalue weighted by atomic mass is 10.00. The van der Waals surface area contributed by atoms with E-state index in [2.05, 4.69) is 34.3 Å². The van der Waals surface area contributed by atoms with E-state index < -0.39 is 0 Å². The maximum Gasteiger partial charge on any atom is 0.193 e. The lowest BCUT2D eigenvalue weighted by Gasteiger charge is -2.32. The molecule has 0 amide bonds. The summed E-state index contributed by atoms with van der Waals surface area (Å²) >= 11 is 0. The molecule has 21 heavy (non-hydrogen) atoms. The molecule has 4 heteroatoms. The predicted octanol–water partition coefficient (Wildman–Crippen LogP) is 2.55. The lowest BCUT2D eigenvalue weighted by Crippen LogP contribution is -2.45. The van der Waals surface area contributed by atoms with Gasteiger partial charge in [0.25, 0.3) is 0 Å². The van der Waals surface area contributed by atoms with Crippen LogP contribution in [0.4, 0.5) is 0 Å². The zero-order valence-corrected chi connectivity index (χ0v) is 13.4. The minimum absolute atomic E-state index is 0.846. The number of rotatable bonds is 4. The van der Waals surface area contributed by atoms with Crippen LogP contribution in [0, 0.1) is 5.92 Å². The maximum atomic E-state index is 5.18. The van der Waals surface area contributed by atoms with Crippen LogP contribution < -0.4 is 10.1 Å². The molecule has 4 nitrogen and oxygen atoms in total. The molecule has 0 aliphatic carbocycles. The highest BCUT2D eigenvalue weighted by Gasteiger charge is 2.18. The van der Waals surface area contributed by atoms with Gasteiger partial charge in [0.05, 0.1) is 7.11 Å². The Morgan fingerprint density at radius 2 is 1.95 bits per heavy atom. The Hall–Kier alpha value is -1.71. The highest BCUT2D eigenvalue weighted by molar-refractivity contribution is 5.79. The molecule has 1 aromatic carbocycles. The highest BCUT2D eigenvalue weighted by Crippen LogP contribution is 2.16. The van der Waals surface area contributed by atoms with Crippen LogP contribution in [-0.4, -0.2) is 44.7 Å². The van der Waals surface area contributed by atoms with E-state index in [9.17, 15) is 0 Å². The number of ether oxygens (including phenoxy) is 1. The third-order valence-electron chi connectivity index (χ3n) is 4.15. The quantitative estimate of drug-likeness (QED) is 0.683. The minimum atomic E-state index is 0.846. The van der Waals surface area contributed by atoms with Gasteiger partial charge in [0.2, 0.25) is 0 Å². The molecule has 1 saturated heterocycles. The fourth-order valence-corrected chi connectivity index (χ4v) is 2.66. The van der Waals surface area contributed by atoms with Gasteiger partial charge in [-0.15, -0.1) is 0 Å². The van der Waals surface area contributed by atoms with Gasteiger partial charge in [-0.3, -0.25) is 4.99 Å². The zero-order chi connectivity index (χ0) is 15.1. The van der Waals surface area contributed by atoms with Crippen LogP contribution in [0.2, 0.25) is 0 Å². The average Bonchev–Trinajstić information content (AvgIpc) is 2.53. The van der Waals surface area contributed by atoms with Gasteiger partial charge < -0.3 is 15.0 Å². The number of guanidine groups is 1. The summed E-state index contributed by atoms with van der Waals surface area (Å²) < 4.78 is 5.18. The second-order valence-electron chi connectivity index (χ2n) is 5.74. The van der Waals surface area contributed by atoms with Gasteiger partial charge in [0.1, 0.15) is 5.75 Å². The van der Waals surface area contributed by atoms with Crippen LogP contribution >= 0.6 is 0 Å². The lowest BCUT2D eigenvalue weighted by molar-refractivity contribution is 0.273. The molecule has 1 aromatic rings. The number of likely N-dealkylation sites (tertiary alicyclic amines) is 1. The molecule has 1 fully saturated rings. The molecule has 0 saturated carbocycles. The fourth-order valence-electron chi connectivity index (χ4n) is 2.66. The van der Waals surface area contributed by atoms with Gasteiger partial charge >= 0.3 is 0 Å². The topological polar surface area (TPSA) is 36.9 Å². The van der Waals surface area contributed by atoms with Gasteiger partial charge in [-0.2, -0.15) is 0 Å². The van der Waals surface area contributed by atoms with E-state index in [0.717, 1.165) is 43.7 Å². The van der Waals surface area contributed by atoms with Crippen molar-refractivity contribution in [3.05, 3.63) is 29.8 Å². The molecule has 0 aromatic heterocycles. The van der Waals surface area contributed by atoms with Crippen molar-refractivity contribution < 1.29 is 4.74 Å². The first-order valence-electron chi connectivity index (χ1n) is 7.81. The van der Waals surface area contributed by atoms with Gasteiger partial charge in [-0.25, -0.2) is 0 Å². The Morgan fingerprint density at radius 1 is 1.29 bits per heavy atom. The summed E-state index contributed by atoms with van der Waals surface area (Å²) in [6, 6.07) is 8.25. The van der Waals surface area contributed by atoms with Crippen molar-refractivity contribution in [2.45, 2.75) is 26.2 Å². The molecule has 2 rings (SSSR count). The number of hydrogen-bond donors (Lipinski definition) is 1. The summed E-state index contributed by atoms with van der Waals surface area (Å²) in [6.07, 6.45) is 3.52. The molecule has 1 heterocycles. The van der Waals surface area contributed by atoms with Crippen molar-refractivity contribution in [2.24, 2.45) is 10.9 Å². The summed E-state index contributed by atoms with van der Waals surface area (Å²) in [5, 5.41) is 3.48. The smallest absolute Gasteiger partial charge is 0.193 e. The number of piperidine rings is 1. The van der Waals surface area contributed by atoms with E-state index in [0.29, 0.717) is 0 Å². The van der Waals surface area contributed by atoms with Crippen molar-refractivity contribution in [1.29, 1.82) is 0 Å². The monoisotopic (exact) mass is 289 g/mol. The van der Waals surface area contributed by atoms with Gasteiger partial charge in [-0.05, 0) is 42.9 Å². The van der Waals surface area contributed by atoms with Crippen LogP contribution in [0.5, 0.6) is 5.75 Å². The number of aliphatic imine (C=N–C) groups is 1. The predicted molar refractivity (Wildman–Crippen MR) is 88.0 cm³/mol. The van der Waals surface area contributed by atoms with E-state index in [4.69, 9.17) is 4.74 Å². The normalized spacial score (nSPS) is 16.9. The van der Waals surface area contributed by atoms with E-state index in [1.165, 1.54) is 18.4 Å². The molecular formula is C17H27N3O. The largest absolute Gasteiger partial charge is 0.497 e. The molecule has 1 aliphatic rings. The molecule has 0 bridgehead atoms. The number of hydrogen-bond acceptors (Lipinski definition) is 2. The highest BCUT2D eigenvalue weighted by atomic mass is 16.5. The molecule has 0 unspecified atom stereocenters. The first-order valence-corrected chi connectivity index (χ1v) is 7.81. The second-order valence-corrected chi connectivity index (χ2v) is 5.74. The average molecular weight is 289 g/mol. The minimum Gasteiger partial charge on any atom is -0.497 e. The van der Waals surface area contributed by atoms with E-state index in [1.807, 2.05) is 19.2 Å². The summed E-state index contributed by atoms with van der Waals surface area (Å²) in [5.74, 6) is 2.79. The van der Waals surface area contributed by atoms with Crippen molar-refractivity contribution in [2.75, 3.05) is 33.8 Å². The van der Waals surface area contributed by atoms with Gasteiger partial charge in [0.15, 0.2) is 5.96 Å². The molecule has 0 radical (unpaired) electrons. The molecule has 0 spiro atoms. The Labute approximate surface area is 128 Å². The number of methoxy groups -OCH3 is 1. The zero-order valence-electron chi connectivity index (χ0n) is 13.4. The van der Waals surface area contributed by atoms with Gasteiger partial charge in [0, 0.05) is 26.7 Å². The van der Waals surface area contributed by atoms with Crippen molar-refractivity contribution in [1.82, 2.24) is 10.2 Å². The van der Waals surface area contributed by atoms with Crippen molar-refractivity contribution in [3.8, 4) is 5.75 Å². The Bertz CT molecular complexity index is 448.